The maximum atomic E-state index is 10.9. The van der Waals surface area contributed by atoms with E-state index in [1.165, 1.54) is 38.2 Å². The van der Waals surface area contributed by atoms with Gasteiger partial charge < -0.3 is 16.2 Å². The summed E-state index contributed by atoms with van der Waals surface area (Å²) in [5.74, 6) is -0.111. The van der Waals surface area contributed by atoms with E-state index in [9.17, 15) is 4.79 Å². The van der Waals surface area contributed by atoms with Crippen molar-refractivity contribution in [2.75, 3.05) is 17.6 Å². The standard InChI is InChI=1S/C15H22N2O2/c16-13-7-6-12(15(18)19)10-14(13)17-9-8-11-4-2-1-3-5-11/h6-7,10-11,17H,1-5,8-9,16H2,(H,18,19). The molecule has 0 unspecified atom stereocenters. The summed E-state index contributed by atoms with van der Waals surface area (Å²) in [6.45, 7) is 0.859. The van der Waals surface area contributed by atoms with Gasteiger partial charge in [-0.25, -0.2) is 4.79 Å². The molecule has 4 N–H and O–H groups in total. The Hall–Kier alpha value is -1.71. The molecule has 1 aromatic carbocycles. The van der Waals surface area contributed by atoms with E-state index >= 15 is 0 Å². The Morgan fingerprint density at radius 2 is 2.05 bits per heavy atom. The molecule has 104 valence electrons. The second kappa shape index (κ2) is 6.45. The molecule has 0 aromatic heterocycles. The highest BCUT2D eigenvalue weighted by atomic mass is 16.4. The molecule has 1 aliphatic rings. The maximum Gasteiger partial charge on any atom is 0.335 e. The molecule has 4 nitrogen and oxygen atoms in total. The lowest BCUT2D eigenvalue weighted by molar-refractivity contribution is 0.0697. The van der Waals surface area contributed by atoms with E-state index in [0.29, 0.717) is 5.69 Å². The second-order valence-electron chi connectivity index (χ2n) is 5.33. The Bertz CT molecular complexity index is 440. The van der Waals surface area contributed by atoms with Crippen LogP contribution in [0.15, 0.2) is 18.2 Å². The molecule has 0 spiro atoms. The number of nitrogens with one attached hydrogen (secondary N) is 1. The van der Waals surface area contributed by atoms with Crippen LogP contribution in [0.1, 0.15) is 48.9 Å². The molecule has 1 saturated carbocycles. The summed E-state index contributed by atoms with van der Waals surface area (Å²) >= 11 is 0. The molecule has 0 atom stereocenters. The van der Waals surface area contributed by atoms with Crippen LogP contribution in [-0.2, 0) is 0 Å². The second-order valence-corrected chi connectivity index (χ2v) is 5.33. The van der Waals surface area contributed by atoms with Crippen molar-refractivity contribution >= 4 is 17.3 Å². The number of aromatic carboxylic acids is 1. The molecule has 1 aliphatic carbocycles. The summed E-state index contributed by atoms with van der Waals surface area (Å²) in [5, 5.41) is 12.2. The summed E-state index contributed by atoms with van der Waals surface area (Å²) in [7, 11) is 0. The lowest BCUT2D eigenvalue weighted by atomic mass is 9.87. The molecule has 0 heterocycles. The zero-order chi connectivity index (χ0) is 13.7. The summed E-state index contributed by atoms with van der Waals surface area (Å²) in [6, 6.07) is 4.79. The van der Waals surface area contributed by atoms with Crippen LogP contribution in [-0.4, -0.2) is 17.6 Å². The number of carbonyl (C=O) groups is 1. The first-order chi connectivity index (χ1) is 9.16. The van der Waals surface area contributed by atoms with E-state index in [0.717, 1.165) is 24.6 Å². The maximum absolute atomic E-state index is 10.9. The van der Waals surface area contributed by atoms with E-state index in [1.54, 1.807) is 12.1 Å². The van der Waals surface area contributed by atoms with Crippen molar-refractivity contribution in [1.29, 1.82) is 0 Å². The average molecular weight is 262 g/mol. The van der Waals surface area contributed by atoms with Crippen LogP contribution in [0.2, 0.25) is 0 Å². The van der Waals surface area contributed by atoms with Crippen LogP contribution in [0.25, 0.3) is 0 Å². The van der Waals surface area contributed by atoms with Gasteiger partial charge in [-0.3, -0.25) is 0 Å². The van der Waals surface area contributed by atoms with Gasteiger partial charge >= 0.3 is 5.97 Å². The van der Waals surface area contributed by atoms with E-state index in [4.69, 9.17) is 10.8 Å². The van der Waals surface area contributed by atoms with E-state index < -0.39 is 5.97 Å². The fourth-order valence-electron chi connectivity index (χ4n) is 2.73. The molecule has 0 radical (unpaired) electrons. The molecule has 2 rings (SSSR count). The quantitative estimate of drug-likeness (QED) is 0.711. The Balaban J connectivity index is 1.87. The molecule has 0 bridgehead atoms. The van der Waals surface area contributed by atoms with Gasteiger partial charge in [0.1, 0.15) is 0 Å². The monoisotopic (exact) mass is 262 g/mol. The molecule has 0 saturated heterocycles. The zero-order valence-corrected chi connectivity index (χ0v) is 11.2. The van der Waals surface area contributed by atoms with Gasteiger partial charge in [0.25, 0.3) is 0 Å². The summed E-state index contributed by atoms with van der Waals surface area (Å²) in [4.78, 5) is 10.9. The Morgan fingerprint density at radius 1 is 1.32 bits per heavy atom. The van der Waals surface area contributed by atoms with Gasteiger partial charge in [-0.1, -0.05) is 32.1 Å². The van der Waals surface area contributed by atoms with E-state index in [2.05, 4.69) is 5.32 Å². The number of anilines is 2. The van der Waals surface area contributed by atoms with Gasteiger partial charge in [0.2, 0.25) is 0 Å². The average Bonchev–Trinajstić information content (AvgIpc) is 2.42. The lowest BCUT2D eigenvalue weighted by Crippen LogP contribution is -2.13. The fraction of sp³-hybridized carbons (Fsp3) is 0.533. The first-order valence-corrected chi connectivity index (χ1v) is 7.03. The number of nitrogen functional groups attached to an aromatic ring is 1. The third kappa shape index (κ3) is 3.88. The number of benzene rings is 1. The molecule has 1 aromatic rings. The molecule has 19 heavy (non-hydrogen) atoms. The highest BCUT2D eigenvalue weighted by Gasteiger charge is 2.13. The van der Waals surface area contributed by atoms with Crippen molar-refractivity contribution in [1.82, 2.24) is 0 Å². The first-order valence-electron chi connectivity index (χ1n) is 7.03. The molecule has 0 amide bonds. The molecule has 4 heteroatoms. The third-order valence-electron chi connectivity index (χ3n) is 3.89. The minimum absolute atomic E-state index is 0.273. The fourth-order valence-corrected chi connectivity index (χ4v) is 2.73. The minimum atomic E-state index is -0.921. The molecule has 0 aliphatic heterocycles. The number of hydrogen-bond acceptors (Lipinski definition) is 3. The van der Waals surface area contributed by atoms with Crippen LogP contribution in [0, 0.1) is 5.92 Å². The minimum Gasteiger partial charge on any atom is -0.478 e. The van der Waals surface area contributed by atoms with Crippen LogP contribution in [0.4, 0.5) is 11.4 Å². The van der Waals surface area contributed by atoms with Crippen LogP contribution >= 0.6 is 0 Å². The number of hydrogen-bond donors (Lipinski definition) is 3. The van der Waals surface area contributed by atoms with Gasteiger partial charge in [0.05, 0.1) is 16.9 Å². The smallest absolute Gasteiger partial charge is 0.335 e. The van der Waals surface area contributed by atoms with Crippen molar-refractivity contribution in [2.24, 2.45) is 5.92 Å². The van der Waals surface area contributed by atoms with Crippen molar-refractivity contribution < 1.29 is 9.90 Å². The van der Waals surface area contributed by atoms with Gasteiger partial charge in [-0.05, 0) is 30.5 Å². The zero-order valence-electron chi connectivity index (χ0n) is 11.2. The third-order valence-corrected chi connectivity index (χ3v) is 3.89. The van der Waals surface area contributed by atoms with Gasteiger partial charge in [-0.15, -0.1) is 0 Å². The van der Waals surface area contributed by atoms with Crippen molar-refractivity contribution in [3.63, 3.8) is 0 Å². The number of nitrogens with two attached hydrogens (primary N) is 1. The van der Waals surface area contributed by atoms with Crippen molar-refractivity contribution in [3.8, 4) is 0 Å². The number of carboxylic acid groups (broad SMARTS) is 1. The highest BCUT2D eigenvalue weighted by Crippen LogP contribution is 2.27. The predicted octanol–water partition coefficient (Wildman–Crippen LogP) is 3.35. The van der Waals surface area contributed by atoms with Crippen LogP contribution in [0.5, 0.6) is 0 Å². The van der Waals surface area contributed by atoms with Crippen LogP contribution < -0.4 is 11.1 Å². The van der Waals surface area contributed by atoms with E-state index in [1.807, 2.05) is 0 Å². The topological polar surface area (TPSA) is 75.4 Å². The molecule has 1 fully saturated rings. The van der Waals surface area contributed by atoms with Gasteiger partial charge in [0.15, 0.2) is 0 Å². The first kappa shape index (κ1) is 13.7. The van der Waals surface area contributed by atoms with Gasteiger partial charge in [0, 0.05) is 6.54 Å². The predicted molar refractivity (Wildman–Crippen MR) is 77.5 cm³/mol. The Morgan fingerprint density at radius 3 is 2.74 bits per heavy atom. The summed E-state index contributed by atoms with van der Waals surface area (Å²) < 4.78 is 0. The normalized spacial score (nSPS) is 16.2. The highest BCUT2D eigenvalue weighted by molar-refractivity contribution is 5.90. The van der Waals surface area contributed by atoms with E-state index in [-0.39, 0.29) is 5.56 Å². The van der Waals surface area contributed by atoms with Crippen molar-refractivity contribution in [2.45, 2.75) is 38.5 Å². The summed E-state index contributed by atoms with van der Waals surface area (Å²) in [5.41, 5.74) is 7.46. The number of carboxylic acids is 1. The SMILES string of the molecule is Nc1ccc(C(=O)O)cc1NCCC1CCCCC1. The molecular weight excluding hydrogens is 240 g/mol. The van der Waals surface area contributed by atoms with Crippen molar-refractivity contribution in [3.05, 3.63) is 23.8 Å². The Labute approximate surface area is 114 Å². The number of rotatable bonds is 5. The van der Waals surface area contributed by atoms with Crippen LogP contribution in [0.3, 0.4) is 0 Å². The van der Waals surface area contributed by atoms with Gasteiger partial charge in [-0.2, -0.15) is 0 Å². The Kier molecular flexibility index (Phi) is 4.66. The lowest BCUT2D eigenvalue weighted by Gasteiger charge is -2.22. The largest absolute Gasteiger partial charge is 0.478 e. The summed E-state index contributed by atoms with van der Waals surface area (Å²) in [6.07, 6.45) is 7.86. The molecular formula is C15H22N2O2.